The predicted octanol–water partition coefficient (Wildman–Crippen LogP) is 3.28. The number of benzene rings is 2. The fraction of sp³-hybridized carbons (Fsp3) is 0.381. The second kappa shape index (κ2) is 6.78. The molecule has 2 heterocycles. The highest BCUT2D eigenvalue weighted by molar-refractivity contribution is 5.94. The van der Waals surface area contributed by atoms with Gasteiger partial charge in [-0.2, -0.15) is 0 Å². The molecule has 124 valence electrons. The molecule has 2 aromatic carbocycles. The zero-order valence-corrected chi connectivity index (χ0v) is 14.0. The maximum absolute atomic E-state index is 12.7. The molecule has 2 aliphatic rings. The van der Waals surface area contributed by atoms with Gasteiger partial charge in [0.1, 0.15) is 0 Å². The highest BCUT2D eigenvalue weighted by Crippen LogP contribution is 2.30. The number of piperidine rings is 2. The van der Waals surface area contributed by atoms with E-state index in [1.165, 1.54) is 12.0 Å². The fourth-order valence-corrected chi connectivity index (χ4v) is 4.29. The molecule has 0 saturated carbocycles. The second-order valence-electron chi connectivity index (χ2n) is 7.22. The van der Waals surface area contributed by atoms with Gasteiger partial charge in [-0.05, 0) is 36.0 Å². The average Bonchev–Trinajstić information content (AvgIpc) is 2.62. The van der Waals surface area contributed by atoms with Crippen molar-refractivity contribution >= 4 is 5.91 Å². The summed E-state index contributed by atoms with van der Waals surface area (Å²) in [5.41, 5.74) is 2.20. The Kier molecular flexibility index (Phi) is 4.35. The molecule has 3 heteroatoms. The van der Waals surface area contributed by atoms with Crippen LogP contribution in [0.3, 0.4) is 0 Å². The number of carbonyl (C=O) groups excluding carboxylic acids is 1. The molecule has 2 bridgehead atoms. The lowest BCUT2D eigenvalue weighted by Gasteiger charge is -2.46. The minimum Gasteiger partial charge on any atom is -0.338 e. The molecular formula is C21H24N2O. The van der Waals surface area contributed by atoms with Gasteiger partial charge in [0.15, 0.2) is 0 Å². The maximum atomic E-state index is 12.7. The molecule has 0 spiro atoms. The van der Waals surface area contributed by atoms with Crippen LogP contribution in [-0.4, -0.2) is 41.9 Å². The van der Waals surface area contributed by atoms with E-state index in [-0.39, 0.29) is 5.91 Å². The Hall–Kier alpha value is -2.13. The summed E-state index contributed by atoms with van der Waals surface area (Å²) in [6, 6.07) is 20.4. The van der Waals surface area contributed by atoms with Crippen molar-refractivity contribution < 1.29 is 4.79 Å². The van der Waals surface area contributed by atoms with Gasteiger partial charge in [0.05, 0.1) is 0 Å². The van der Waals surface area contributed by atoms with Gasteiger partial charge >= 0.3 is 0 Å². The van der Waals surface area contributed by atoms with Crippen LogP contribution in [0.1, 0.15) is 22.3 Å². The molecule has 24 heavy (non-hydrogen) atoms. The lowest BCUT2D eigenvalue weighted by molar-refractivity contribution is 0.0238. The number of likely N-dealkylation sites (tertiary alicyclic amines) is 2. The Morgan fingerprint density at radius 1 is 0.833 bits per heavy atom. The highest BCUT2D eigenvalue weighted by Gasteiger charge is 2.35. The Bertz CT molecular complexity index is 671. The molecular weight excluding hydrogens is 296 g/mol. The van der Waals surface area contributed by atoms with Gasteiger partial charge < -0.3 is 4.90 Å². The summed E-state index contributed by atoms with van der Waals surface area (Å²) in [6.45, 7) is 5.03. The summed E-state index contributed by atoms with van der Waals surface area (Å²) in [5, 5.41) is 0. The quantitative estimate of drug-likeness (QED) is 0.866. The first-order valence-corrected chi connectivity index (χ1v) is 8.88. The lowest BCUT2D eigenvalue weighted by Crippen LogP contribution is -2.53. The third-order valence-electron chi connectivity index (χ3n) is 5.21. The number of rotatable bonds is 3. The minimum atomic E-state index is 0.196. The number of amides is 1. The molecule has 0 unspecified atom stereocenters. The van der Waals surface area contributed by atoms with E-state index in [1.807, 2.05) is 30.3 Å². The van der Waals surface area contributed by atoms with Gasteiger partial charge in [0.25, 0.3) is 5.91 Å². The van der Waals surface area contributed by atoms with Gasteiger partial charge in [0, 0.05) is 38.3 Å². The fourth-order valence-electron chi connectivity index (χ4n) is 4.29. The SMILES string of the molecule is O=C(c1ccccc1)N1C[C@H]2C[C@@H](CN(Cc3ccccc3)C2)C1. The first-order valence-electron chi connectivity index (χ1n) is 8.88. The zero-order valence-electron chi connectivity index (χ0n) is 14.0. The summed E-state index contributed by atoms with van der Waals surface area (Å²) < 4.78 is 0. The largest absolute Gasteiger partial charge is 0.338 e. The molecule has 2 fully saturated rings. The molecule has 2 atom stereocenters. The van der Waals surface area contributed by atoms with Gasteiger partial charge in [-0.1, -0.05) is 48.5 Å². The van der Waals surface area contributed by atoms with E-state index in [0.717, 1.165) is 38.3 Å². The maximum Gasteiger partial charge on any atom is 0.253 e. The standard InChI is InChI=1S/C21H24N2O/c24-21(20-9-5-2-6-10-20)23-15-18-11-19(16-23)14-22(13-18)12-17-7-3-1-4-8-17/h1-10,18-19H,11-16H2/t18-,19-/m0/s1. The molecule has 1 amide bonds. The monoisotopic (exact) mass is 320 g/mol. The van der Waals surface area contributed by atoms with Gasteiger partial charge in [0.2, 0.25) is 0 Å². The van der Waals surface area contributed by atoms with Crippen LogP contribution in [0.4, 0.5) is 0 Å². The van der Waals surface area contributed by atoms with Crippen molar-refractivity contribution in [3.05, 3.63) is 71.8 Å². The van der Waals surface area contributed by atoms with Crippen LogP contribution >= 0.6 is 0 Å². The zero-order chi connectivity index (χ0) is 16.4. The minimum absolute atomic E-state index is 0.196. The van der Waals surface area contributed by atoms with Gasteiger partial charge in [-0.3, -0.25) is 9.69 Å². The van der Waals surface area contributed by atoms with Crippen LogP contribution < -0.4 is 0 Å². The smallest absolute Gasteiger partial charge is 0.253 e. The lowest BCUT2D eigenvalue weighted by atomic mass is 9.84. The van der Waals surface area contributed by atoms with Crippen molar-refractivity contribution in [1.29, 1.82) is 0 Å². The molecule has 0 radical (unpaired) electrons. The number of fused-ring (bicyclic) bond motifs is 2. The van der Waals surface area contributed by atoms with Crippen LogP contribution in [0.5, 0.6) is 0 Å². The van der Waals surface area contributed by atoms with Crippen LogP contribution in [0.15, 0.2) is 60.7 Å². The first kappa shape index (κ1) is 15.4. The predicted molar refractivity (Wildman–Crippen MR) is 95.7 cm³/mol. The Balaban J connectivity index is 1.40. The van der Waals surface area contributed by atoms with E-state index >= 15 is 0 Å². The molecule has 2 saturated heterocycles. The van der Waals surface area contributed by atoms with Crippen molar-refractivity contribution in [2.75, 3.05) is 26.2 Å². The summed E-state index contributed by atoms with van der Waals surface area (Å²) in [7, 11) is 0. The second-order valence-corrected chi connectivity index (χ2v) is 7.22. The summed E-state index contributed by atoms with van der Waals surface area (Å²) in [5.74, 6) is 1.41. The molecule has 4 rings (SSSR count). The molecule has 0 aliphatic carbocycles. The van der Waals surface area contributed by atoms with Crippen LogP contribution in [0.25, 0.3) is 0 Å². The van der Waals surface area contributed by atoms with Crippen molar-refractivity contribution in [3.63, 3.8) is 0 Å². The number of carbonyl (C=O) groups is 1. The van der Waals surface area contributed by atoms with E-state index in [1.54, 1.807) is 0 Å². The molecule has 0 aromatic heterocycles. The third kappa shape index (κ3) is 3.36. The van der Waals surface area contributed by atoms with E-state index in [9.17, 15) is 4.79 Å². The van der Waals surface area contributed by atoms with E-state index in [4.69, 9.17) is 0 Å². The number of nitrogens with zero attached hydrogens (tertiary/aromatic N) is 2. The van der Waals surface area contributed by atoms with Crippen LogP contribution in [0, 0.1) is 11.8 Å². The third-order valence-corrected chi connectivity index (χ3v) is 5.21. The average molecular weight is 320 g/mol. The molecule has 2 aromatic rings. The van der Waals surface area contributed by atoms with Crippen LogP contribution in [0.2, 0.25) is 0 Å². The highest BCUT2D eigenvalue weighted by atomic mass is 16.2. The normalized spacial score (nSPS) is 23.9. The van der Waals surface area contributed by atoms with E-state index in [2.05, 4.69) is 40.1 Å². The Labute approximate surface area is 143 Å². The van der Waals surface area contributed by atoms with Gasteiger partial charge in [-0.15, -0.1) is 0 Å². The number of hydrogen-bond donors (Lipinski definition) is 0. The van der Waals surface area contributed by atoms with Crippen molar-refractivity contribution in [2.45, 2.75) is 13.0 Å². The van der Waals surface area contributed by atoms with E-state index < -0.39 is 0 Å². The summed E-state index contributed by atoms with van der Waals surface area (Å²) in [6.07, 6.45) is 1.27. The van der Waals surface area contributed by atoms with Crippen molar-refractivity contribution in [2.24, 2.45) is 11.8 Å². The first-order chi connectivity index (χ1) is 11.8. The van der Waals surface area contributed by atoms with Gasteiger partial charge in [-0.25, -0.2) is 0 Å². The Morgan fingerprint density at radius 2 is 1.42 bits per heavy atom. The summed E-state index contributed by atoms with van der Waals surface area (Å²) >= 11 is 0. The van der Waals surface area contributed by atoms with E-state index in [0.29, 0.717) is 11.8 Å². The van der Waals surface area contributed by atoms with Crippen molar-refractivity contribution in [3.8, 4) is 0 Å². The molecule has 3 nitrogen and oxygen atoms in total. The summed E-state index contributed by atoms with van der Waals surface area (Å²) in [4.78, 5) is 17.4. The topological polar surface area (TPSA) is 23.6 Å². The molecule has 2 aliphatic heterocycles. The Morgan fingerprint density at radius 3 is 2.04 bits per heavy atom. The van der Waals surface area contributed by atoms with Crippen LogP contribution in [-0.2, 0) is 6.54 Å². The molecule has 0 N–H and O–H groups in total. The van der Waals surface area contributed by atoms with Crippen molar-refractivity contribution in [1.82, 2.24) is 9.80 Å². The number of hydrogen-bond acceptors (Lipinski definition) is 2.